The molecule has 3 saturated carbocycles. The molecule has 0 heterocycles. The Hall–Kier alpha value is -1.45. The van der Waals surface area contributed by atoms with E-state index < -0.39 is 5.97 Å². The molecule has 0 spiro atoms. The van der Waals surface area contributed by atoms with Crippen LogP contribution in [0.2, 0.25) is 0 Å². The molecule has 4 rings (SSSR count). The maximum Gasteiger partial charge on any atom is 0.313 e. The third-order valence-corrected chi connectivity index (χ3v) is 10.8. The van der Waals surface area contributed by atoms with Gasteiger partial charge in [0.2, 0.25) is 0 Å². The Bertz CT molecular complexity index is 871. The van der Waals surface area contributed by atoms with Crippen LogP contribution in [0.5, 0.6) is 0 Å². The molecule has 35 heavy (non-hydrogen) atoms. The fourth-order valence-electron chi connectivity index (χ4n) is 9.05. The summed E-state index contributed by atoms with van der Waals surface area (Å²) in [7, 11) is 0. The van der Waals surface area contributed by atoms with Gasteiger partial charge in [-0.1, -0.05) is 53.9 Å². The largest absolute Gasteiger partial charge is 0.458 e. The number of ketones is 2. The van der Waals surface area contributed by atoms with E-state index in [1.165, 1.54) is 51.9 Å². The van der Waals surface area contributed by atoms with Crippen LogP contribution in [0, 0.1) is 46.3 Å². The predicted octanol–water partition coefficient (Wildman–Crippen LogP) is 7.10. The number of ether oxygens (including phenoxy) is 1. The highest BCUT2D eigenvalue weighted by Gasteiger charge is 2.61. The van der Waals surface area contributed by atoms with Gasteiger partial charge in [0, 0.05) is 12.0 Å². The van der Waals surface area contributed by atoms with Crippen LogP contribution in [0.3, 0.4) is 0 Å². The lowest BCUT2D eigenvalue weighted by Gasteiger charge is -2.58. The summed E-state index contributed by atoms with van der Waals surface area (Å²) < 4.78 is 5.56. The van der Waals surface area contributed by atoms with Gasteiger partial charge in [-0.25, -0.2) is 0 Å². The maximum atomic E-state index is 13.5. The van der Waals surface area contributed by atoms with Gasteiger partial charge in [0.1, 0.15) is 18.3 Å². The first-order chi connectivity index (χ1) is 16.5. The average molecular weight is 485 g/mol. The summed E-state index contributed by atoms with van der Waals surface area (Å²) in [6.45, 7) is 13.4. The first-order valence-corrected chi connectivity index (χ1v) is 14.4. The lowest BCUT2D eigenvalue weighted by Crippen LogP contribution is -2.53. The van der Waals surface area contributed by atoms with Crippen LogP contribution in [0.15, 0.2) is 11.6 Å². The second-order valence-corrected chi connectivity index (χ2v) is 13.5. The van der Waals surface area contributed by atoms with E-state index in [9.17, 15) is 14.4 Å². The Labute approximate surface area is 213 Å². The van der Waals surface area contributed by atoms with Gasteiger partial charge in [0.05, 0.1) is 0 Å². The molecular weight excluding hydrogens is 436 g/mol. The van der Waals surface area contributed by atoms with Gasteiger partial charge < -0.3 is 4.74 Å². The summed E-state index contributed by atoms with van der Waals surface area (Å²) in [5, 5.41) is 0. The number of esters is 1. The Morgan fingerprint density at radius 3 is 2.46 bits per heavy atom. The second kappa shape index (κ2) is 10.1. The Morgan fingerprint density at radius 2 is 1.77 bits per heavy atom. The minimum atomic E-state index is -0.475. The predicted molar refractivity (Wildman–Crippen MR) is 139 cm³/mol. The Kier molecular flexibility index (Phi) is 7.70. The SMILES string of the molecule is CC(=O)CC(=O)O[C@@H]1C=C2C(=O)C[C@H]3[C@@H]4CC[C@H]([C@H](C)CCCC(C)C)[C@@]4(C)CC[C@@H]3[C@@]2(C)CC1. The summed E-state index contributed by atoms with van der Waals surface area (Å²) in [5.74, 6) is 3.66. The molecule has 0 unspecified atom stereocenters. The van der Waals surface area contributed by atoms with Gasteiger partial charge in [-0.15, -0.1) is 0 Å². The van der Waals surface area contributed by atoms with Gasteiger partial charge in [-0.05, 0) is 97.9 Å². The highest BCUT2D eigenvalue weighted by Crippen LogP contribution is 2.67. The summed E-state index contributed by atoms with van der Waals surface area (Å²) in [6, 6.07) is 0. The van der Waals surface area contributed by atoms with E-state index in [0.717, 1.165) is 36.2 Å². The summed E-state index contributed by atoms with van der Waals surface area (Å²) >= 11 is 0. The molecule has 3 fully saturated rings. The number of allylic oxidation sites excluding steroid dienone is 1. The lowest BCUT2D eigenvalue weighted by atomic mass is 9.46. The number of rotatable bonds is 8. The molecule has 4 heteroatoms. The number of carbonyl (C=O) groups is 3. The van der Waals surface area contributed by atoms with Crippen molar-refractivity contribution in [3.8, 4) is 0 Å². The van der Waals surface area contributed by atoms with Crippen LogP contribution in [0.4, 0.5) is 0 Å². The van der Waals surface area contributed by atoms with Crippen molar-refractivity contribution < 1.29 is 19.1 Å². The quantitative estimate of drug-likeness (QED) is 0.272. The first kappa shape index (κ1) is 26.6. The zero-order chi connectivity index (χ0) is 25.5. The topological polar surface area (TPSA) is 60.4 Å². The van der Waals surface area contributed by atoms with Gasteiger partial charge in [0.25, 0.3) is 0 Å². The summed E-state index contributed by atoms with van der Waals surface area (Å²) in [4.78, 5) is 36.9. The summed E-state index contributed by atoms with van der Waals surface area (Å²) in [5.41, 5.74) is 1.17. The van der Waals surface area contributed by atoms with Crippen LogP contribution in [0.25, 0.3) is 0 Å². The molecule has 0 radical (unpaired) electrons. The number of fused-ring (bicyclic) bond motifs is 5. The highest BCUT2D eigenvalue weighted by molar-refractivity contribution is 5.98. The van der Waals surface area contributed by atoms with E-state index in [-0.39, 0.29) is 29.5 Å². The highest BCUT2D eigenvalue weighted by atomic mass is 16.5. The number of hydrogen-bond acceptors (Lipinski definition) is 4. The van der Waals surface area contributed by atoms with Gasteiger partial charge >= 0.3 is 5.97 Å². The van der Waals surface area contributed by atoms with Crippen molar-refractivity contribution in [2.45, 2.75) is 118 Å². The molecule has 0 aromatic carbocycles. The smallest absolute Gasteiger partial charge is 0.313 e. The van der Waals surface area contributed by atoms with Crippen LogP contribution < -0.4 is 0 Å². The lowest BCUT2D eigenvalue weighted by molar-refractivity contribution is -0.150. The van der Waals surface area contributed by atoms with E-state index in [2.05, 4.69) is 34.6 Å². The van der Waals surface area contributed by atoms with Crippen LogP contribution in [0.1, 0.15) is 112 Å². The zero-order valence-corrected chi connectivity index (χ0v) is 23.0. The average Bonchev–Trinajstić information content (AvgIpc) is 3.11. The third kappa shape index (κ3) is 5.05. The van der Waals surface area contributed by atoms with Crippen LogP contribution in [-0.4, -0.2) is 23.6 Å². The number of carbonyl (C=O) groups excluding carboxylic acids is 3. The van der Waals surface area contributed by atoms with E-state index in [1.54, 1.807) is 0 Å². The maximum absolute atomic E-state index is 13.5. The first-order valence-electron chi connectivity index (χ1n) is 14.4. The Balaban J connectivity index is 1.48. The molecule has 0 bridgehead atoms. The molecule has 4 aliphatic rings. The molecule has 0 aromatic heterocycles. The molecule has 4 nitrogen and oxygen atoms in total. The molecule has 0 aromatic rings. The van der Waals surface area contributed by atoms with Crippen molar-refractivity contribution in [1.29, 1.82) is 0 Å². The molecule has 0 aliphatic heterocycles. The fraction of sp³-hybridized carbons (Fsp3) is 0.839. The van der Waals surface area contributed by atoms with E-state index in [4.69, 9.17) is 4.74 Å². The van der Waals surface area contributed by atoms with Crippen molar-refractivity contribution in [2.24, 2.45) is 46.3 Å². The van der Waals surface area contributed by atoms with Crippen molar-refractivity contribution in [2.75, 3.05) is 0 Å². The number of Topliss-reactive ketones (excluding diaryl/α,β-unsaturated/α-hetero) is 2. The van der Waals surface area contributed by atoms with E-state index in [1.807, 2.05) is 6.08 Å². The minimum Gasteiger partial charge on any atom is -0.458 e. The number of hydrogen-bond donors (Lipinski definition) is 0. The third-order valence-electron chi connectivity index (χ3n) is 10.8. The standard InChI is InChI=1S/C31H48O4/c1-19(2)8-7-9-20(3)24-10-11-25-23-18-28(33)27-17-22(35-29(34)16-21(4)32)12-14-31(27,6)26(23)13-15-30(24,25)5/h17,19-20,22-26H,7-16,18H2,1-6H3/t20-,22+,23+,24-,25+,26+,30-,31-/m1/s1. The molecule has 0 amide bonds. The van der Waals surface area contributed by atoms with Gasteiger partial charge in [-0.2, -0.15) is 0 Å². The zero-order valence-electron chi connectivity index (χ0n) is 23.0. The Morgan fingerprint density at radius 1 is 1.03 bits per heavy atom. The second-order valence-electron chi connectivity index (χ2n) is 13.5. The molecular formula is C31H48O4. The molecule has 196 valence electrons. The normalized spacial score (nSPS) is 39.3. The monoisotopic (exact) mass is 484 g/mol. The van der Waals surface area contributed by atoms with Crippen molar-refractivity contribution in [3.63, 3.8) is 0 Å². The summed E-state index contributed by atoms with van der Waals surface area (Å²) in [6.07, 6.45) is 12.8. The molecule has 8 atom stereocenters. The molecule has 4 aliphatic carbocycles. The van der Waals surface area contributed by atoms with E-state index in [0.29, 0.717) is 29.6 Å². The van der Waals surface area contributed by atoms with Gasteiger partial charge in [0.15, 0.2) is 5.78 Å². The van der Waals surface area contributed by atoms with Crippen LogP contribution >= 0.6 is 0 Å². The van der Waals surface area contributed by atoms with Crippen LogP contribution in [-0.2, 0) is 19.1 Å². The van der Waals surface area contributed by atoms with E-state index >= 15 is 0 Å². The van der Waals surface area contributed by atoms with Gasteiger partial charge in [-0.3, -0.25) is 14.4 Å². The molecule has 0 saturated heterocycles. The van der Waals surface area contributed by atoms with Crippen molar-refractivity contribution in [3.05, 3.63) is 11.6 Å². The van der Waals surface area contributed by atoms with Crippen molar-refractivity contribution >= 4 is 17.5 Å². The molecule has 0 N–H and O–H groups in total. The minimum absolute atomic E-state index is 0.105. The fourth-order valence-corrected chi connectivity index (χ4v) is 9.05. The van der Waals surface area contributed by atoms with Crippen molar-refractivity contribution in [1.82, 2.24) is 0 Å².